The molecule has 0 N–H and O–H groups in total. The molecule has 0 bridgehead atoms. The summed E-state index contributed by atoms with van der Waals surface area (Å²) in [7, 11) is 0. The van der Waals surface area contributed by atoms with E-state index < -0.39 is 11.9 Å². The molecule has 0 spiro atoms. The summed E-state index contributed by atoms with van der Waals surface area (Å²) >= 11 is 5.85. The topological polar surface area (TPSA) is 42.4 Å². The molecule has 1 aromatic carbocycles. The van der Waals surface area contributed by atoms with Crippen molar-refractivity contribution in [1.29, 1.82) is 0 Å². The minimum absolute atomic E-state index is 0.107. The van der Waals surface area contributed by atoms with Crippen molar-refractivity contribution >= 4 is 17.5 Å². The van der Waals surface area contributed by atoms with Crippen LogP contribution < -0.4 is 4.74 Å². The molecule has 2 heterocycles. The zero-order valence-electron chi connectivity index (χ0n) is 12.3. The van der Waals surface area contributed by atoms with Crippen molar-refractivity contribution in [2.45, 2.75) is 12.3 Å². The second-order valence-corrected chi connectivity index (χ2v) is 5.76. The van der Waals surface area contributed by atoms with E-state index in [9.17, 15) is 18.0 Å². The van der Waals surface area contributed by atoms with E-state index in [0.717, 1.165) is 6.07 Å². The lowest BCUT2D eigenvalue weighted by Crippen LogP contribution is -2.56. The SMILES string of the molecule is O=C(c1cccc(Cl)c1)N1CC(Oc2cccc(C(F)(F)F)n2)C1. The first kappa shape index (κ1) is 16.6. The largest absolute Gasteiger partial charge is 0.471 e. The fourth-order valence-corrected chi connectivity index (χ4v) is 2.48. The Morgan fingerprint density at radius 1 is 1.21 bits per heavy atom. The third-order valence-corrected chi connectivity index (χ3v) is 3.74. The fraction of sp³-hybridized carbons (Fsp3) is 0.250. The van der Waals surface area contributed by atoms with Crippen LogP contribution in [0.15, 0.2) is 42.5 Å². The predicted octanol–water partition coefficient (Wildman–Crippen LogP) is 3.66. The van der Waals surface area contributed by atoms with Crippen molar-refractivity contribution < 1.29 is 22.7 Å². The highest BCUT2D eigenvalue weighted by Gasteiger charge is 2.35. The summed E-state index contributed by atoms with van der Waals surface area (Å²) in [5.41, 5.74) is -0.552. The highest BCUT2D eigenvalue weighted by atomic mass is 35.5. The summed E-state index contributed by atoms with van der Waals surface area (Å²) in [4.78, 5) is 17.2. The maximum absolute atomic E-state index is 12.6. The van der Waals surface area contributed by atoms with Crippen LogP contribution in [-0.2, 0) is 6.18 Å². The van der Waals surface area contributed by atoms with Gasteiger partial charge in [0.1, 0.15) is 11.8 Å². The van der Waals surface area contributed by atoms with Crippen molar-refractivity contribution in [3.63, 3.8) is 0 Å². The van der Waals surface area contributed by atoms with E-state index in [1.165, 1.54) is 17.0 Å². The lowest BCUT2D eigenvalue weighted by molar-refractivity contribution is -0.141. The molecule has 0 unspecified atom stereocenters. The number of nitrogens with zero attached hydrogens (tertiary/aromatic N) is 2. The van der Waals surface area contributed by atoms with Crippen LogP contribution in [-0.4, -0.2) is 35.0 Å². The second-order valence-electron chi connectivity index (χ2n) is 5.32. The lowest BCUT2D eigenvalue weighted by atomic mass is 10.1. The first-order valence-corrected chi connectivity index (χ1v) is 7.46. The van der Waals surface area contributed by atoms with Crippen molar-refractivity contribution in [2.75, 3.05) is 13.1 Å². The third-order valence-electron chi connectivity index (χ3n) is 3.51. The number of pyridine rings is 1. The van der Waals surface area contributed by atoms with Crippen LogP contribution in [0.3, 0.4) is 0 Å². The Morgan fingerprint density at radius 2 is 1.92 bits per heavy atom. The number of carbonyl (C=O) groups is 1. The van der Waals surface area contributed by atoms with Crippen LogP contribution in [0.5, 0.6) is 5.88 Å². The summed E-state index contributed by atoms with van der Waals surface area (Å²) < 4.78 is 43.2. The molecular formula is C16H12ClF3N2O2. The van der Waals surface area contributed by atoms with Gasteiger partial charge < -0.3 is 9.64 Å². The molecule has 4 nitrogen and oxygen atoms in total. The number of benzene rings is 1. The van der Waals surface area contributed by atoms with Gasteiger partial charge in [-0.25, -0.2) is 4.98 Å². The molecule has 2 aromatic rings. The van der Waals surface area contributed by atoms with Gasteiger partial charge in [0.15, 0.2) is 0 Å². The van der Waals surface area contributed by atoms with Gasteiger partial charge in [0, 0.05) is 16.7 Å². The van der Waals surface area contributed by atoms with Gasteiger partial charge in [0.25, 0.3) is 5.91 Å². The van der Waals surface area contributed by atoms with Crippen LogP contribution in [0.2, 0.25) is 5.02 Å². The Hall–Kier alpha value is -2.28. The number of rotatable bonds is 3. The Bertz CT molecular complexity index is 761. The van der Waals surface area contributed by atoms with Gasteiger partial charge in [0.2, 0.25) is 5.88 Å². The molecule has 0 aliphatic carbocycles. The summed E-state index contributed by atoms with van der Waals surface area (Å²) in [6.45, 7) is 0.562. The zero-order valence-corrected chi connectivity index (χ0v) is 13.0. The van der Waals surface area contributed by atoms with Gasteiger partial charge in [-0.15, -0.1) is 0 Å². The summed E-state index contributed by atoms with van der Waals surface area (Å²) in [5, 5.41) is 0.460. The number of halogens is 4. The average molecular weight is 357 g/mol. The number of hydrogen-bond acceptors (Lipinski definition) is 3. The first-order valence-electron chi connectivity index (χ1n) is 7.09. The van der Waals surface area contributed by atoms with E-state index in [4.69, 9.17) is 16.3 Å². The number of likely N-dealkylation sites (tertiary alicyclic amines) is 1. The molecule has 0 radical (unpaired) electrons. The van der Waals surface area contributed by atoms with Crippen molar-refractivity contribution in [1.82, 2.24) is 9.88 Å². The van der Waals surface area contributed by atoms with Gasteiger partial charge in [-0.3, -0.25) is 4.79 Å². The normalized spacial score (nSPS) is 15.1. The molecule has 0 atom stereocenters. The number of alkyl halides is 3. The Kier molecular flexibility index (Phi) is 4.36. The third kappa shape index (κ3) is 3.62. The van der Waals surface area contributed by atoms with Crippen LogP contribution in [0.25, 0.3) is 0 Å². The fourth-order valence-electron chi connectivity index (χ4n) is 2.29. The highest BCUT2D eigenvalue weighted by Crippen LogP contribution is 2.29. The quantitative estimate of drug-likeness (QED) is 0.843. The molecule has 0 saturated carbocycles. The van der Waals surface area contributed by atoms with Gasteiger partial charge in [0.05, 0.1) is 13.1 Å². The molecule has 1 fully saturated rings. The predicted molar refractivity (Wildman–Crippen MR) is 81.0 cm³/mol. The molecule has 24 heavy (non-hydrogen) atoms. The summed E-state index contributed by atoms with van der Waals surface area (Å²) in [6.07, 6.45) is -4.91. The minimum Gasteiger partial charge on any atom is -0.471 e. The number of hydrogen-bond donors (Lipinski definition) is 0. The number of amides is 1. The van der Waals surface area contributed by atoms with E-state index in [2.05, 4.69) is 4.98 Å². The van der Waals surface area contributed by atoms with Crippen LogP contribution in [0.4, 0.5) is 13.2 Å². The van der Waals surface area contributed by atoms with E-state index >= 15 is 0 Å². The van der Waals surface area contributed by atoms with E-state index in [1.807, 2.05) is 0 Å². The molecule has 3 rings (SSSR count). The monoisotopic (exact) mass is 356 g/mol. The van der Waals surface area contributed by atoms with Gasteiger partial charge in [-0.1, -0.05) is 23.7 Å². The summed E-state index contributed by atoms with van der Waals surface area (Å²) in [6, 6.07) is 10.0. The van der Waals surface area contributed by atoms with E-state index in [1.54, 1.807) is 24.3 Å². The first-order chi connectivity index (χ1) is 11.3. The zero-order chi connectivity index (χ0) is 17.3. The van der Waals surface area contributed by atoms with E-state index in [-0.39, 0.29) is 31.0 Å². The molecule has 1 aliphatic heterocycles. The molecule has 8 heteroatoms. The Morgan fingerprint density at radius 3 is 2.58 bits per heavy atom. The molecule has 1 amide bonds. The van der Waals surface area contributed by atoms with Crippen LogP contribution in [0, 0.1) is 0 Å². The van der Waals surface area contributed by atoms with Crippen molar-refractivity contribution in [3.05, 3.63) is 58.7 Å². The van der Waals surface area contributed by atoms with Crippen molar-refractivity contribution in [3.8, 4) is 5.88 Å². The van der Waals surface area contributed by atoms with Gasteiger partial charge >= 0.3 is 6.18 Å². The number of carbonyl (C=O) groups excluding carboxylic acids is 1. The smallest absolute Gasteiger partial charge is 0.433 e. The molecular weight excluding hydrogens is 345 g/mol. The van der Waals surface area contributed by atoms with Crippen LogP contribution in [0.1, 0.15) is 16.1 Å². The maximum atomic E-state index is 12.6. The average Bonchev–Trinajstić information content (AvgIpc) is 2.49. The molecule has 126 valence electrons. The summed E-state index contributed by atoms with van der Waals surface area (Å²) in [5.74, 6) is -0.306. The maximum Gasteiger partial charge on any atom is 0.433 e. The van der Waals surface area contributed by atoms with Gasteiger partial charge in [-0.05, 0) is 24.3 Å². The number of ether oxygens (including phenoxy) is 1. The molecule has 1 saturated heterocycles. The Labute approximate surface area is 140 Å². The lowest BCUT2D eigenvalue weighted by Gasteiger charge is -2.38. The van der Waals surface area contributed by atoms with Gasteiger partial charge in [-0.2, -0.15) is 13.2 Å². The second kappa shape index (κ2) is 6.32. The highest BCUT2D eigenvalue weighted by molar-refractivity contribution is 6.30. The van der Waals surface area contributed by atoms with E-state index in [0.29, 0.717) is 10.6 Å². The van der Waals surface area contributed by atoms with Crippen molar-refractivity contribution in [2.24, 2.45) is 0 Å². The minimum atomic E-state index is -4.52. The number of aromatic nitrogens is 1. The Balaban J connectivity index is 1.59. The van der Waals surface area contributed by atoms with Crippen LogP contribution >= 0.6 is 11.6 Å². The standard InChI is InChI=1S/C16H12ClF3N2O2/c17-11-4-1-3-10(7-11)15(23)22-8-12(9-22)24-14-6-2-5-13(21-14)16(18,19)20/h1-7,12H,8-9H2. The molecule has 1 aromatic heterocycles. The molecule has 1 aliphatic rings.